The first-order valence-corrected chi connectivity index (χ1v) is 40.5. The summed E-state index contributed by atoms with van der Waals surface area (Å²) < 4.78 is 10.2. The summed E-state index contributed by atoms with van der Waals surface area (Å²) in [5.74, 6) is -0.628. The van der Waals surface area contributed by atoms with Gasteiger partial charge in [-0.1, -0.05) is 152 Å². The van der Waals surface area contributed by atoms with E-state index in [1.807, 2.05) is 179 Å². The Balaban J connectivity index is 0.000000120. The summed E-state index contributed by atoms with van der Waals surface area (Å²) in [5.41, 5.74) is 16.9. The number of hydrogen-bond acceptors (Lipinski definition) is 14. The number of nitrogens with one attached hydrogen (secondary N) is 6. The molecule has 121 heavy (non-hydrogen) atoms. The maximum Gasteiger partial charge on any atom is 0.325 e. The van der Waals surface area contributed by atoms with E-state index in [0.717, 1.165) is 81.3 Å². The number of aliphatic hydroxyl groups is 2. The van der Waals surface area contributed by atoms with Crippen molar-refractivity contribution in [2.45, 2.75) is 102 Å². The molecule has 24 heteroatoms. The highest BCUT2D eigenvalue weighted by atomic mass is 16.5. The number of nitrogens with zero attached hydrogens (tertiary/aromatic N) is 4. The van der Waals surface area contributed by atoms with Crippen LogP contribution in [0, 0.1) is 29.6 Å². The minimum Gasteiger partial charge on any atom is -0.481 e. The zero-order valence-electron chi connectivity index (χ0n) is 67.1. The number of rotatable bonds is 23. The predicted molar refractivity (Wildman–Crippen MR) is 464 cm³/mol. The van der Waals surface area contributed by atoms with E-state index in [9.17, 15) is 58.2 Å². The summed E-state index contributed by atoms with van der Waals surface area (Å²) >= 11 is 0. The number of carboxylic acids is 1. The molecule has 5 fully saturated rings. The number of hydrogen-bond donors (Lipinski definition) is 9. The number of ether oxygens (including phenoxy) is 1. The zero-order chi connectivity index (χ0) is 84.7. The van der Waals surface area contributed by atoms with Gasteiger partial charge in [-0.15, -0.1) is 0 Å². The third-order valence-corrected chi connectivity index (χ3v) is 23.2. The highest BCUT2D eigenvalue weighted by Crippen LogP contribution is 2.52. The van der Waals surface area contributed by atoms with Gasteiger partial charge in [0.25, 0.3) is 5.91 Å². The fourth-order valence-electron chi connectivity index (χ4n) is 16.5. The summed E-state index contributed by atoms with van der Waals surface area (Å²) in [6, 6.07) is 69.9. The molecule has 19 rings (SSSR count). The number of amides is 5. The first-order valence-electron chi connectivity index (χ1n) is 40.5. The molecule has 5 saturated carbocycles. The van der Waals surface area contributed by atoms with Crippen LogP contribution < -0.4 is 26.7 Å². The highest BCUT2D eigenvalue weighted by Gasteiger charge is 2.48. The molecule has 13 aromatic rings. The van der Waals surface area contributed by atoms with E-state index >= 15 is 0 Å². The number of aromatic nitrogens is 4. The van der Waals surface area contributed by atoms with Gasteiger partial charge in [0.15, 0.2) is 17.3 Å². The second kappa shape index (κ2) is 36.1. The molecule has 5 heterocycles. The topological polar surface area (TPSA) is 344 Å². The lowest BCUT2D eigenvalue weighted by Crippen LogP contribution is -2.18. The molecule has 0 bridgehead atoms. The van der Waals surface area contributed by atoms with Gasteiger partial charge in [-0.2, -0.15) is 5.10 Å². The number of H-pyrrole nitrogens is 1. The van der Waals surface area contributed by atoms with Crippen molar-refractivity contribution in [1.29, 1.82) is 0 Å². The Morgan fingerprint density at radius 2 is 0.802 bits per heavy atom. The van der Waals surface area contributed by atoms with Crippen LogP contribution in [0.5, 0.6) is 0 Å². The van der Waals surface area contributed by atoms with E-state index in [0.29, 0.717) is 69.5 Å². The van der Waals surface area contributed by atoms with Crippen molar-refractivity contribution in [2.75, 3.05) is 41.6 Å². The maximum absolute atomic E-state index is 12.8. The first kappa shape index (κ1) is 82.1. The lowest BCUT2D eigenvalue weighted by molar-refractivity contribution is -0.141. The number of carbonyl (C=O) groups excluding carboxylic acids is 9. The van der Waals surface area contributed by atoms with Gasteiger partial charge in [0, 0.05) is 134 Å². The van der Waals surface area contributed by atoms with Gasteiger partial charge in [0.2, 0.25) is 23.6 Å². The van der Waals surface area contributed by atoms with Crippen LogP contribution in [0.3, 0.4) is 0 Å². The largest absolute Gasteiger partial charge is 0.481 e. The smallest absolute Gasteiger partial charge is 0.325 e. The lowest BCUT2D eigenvalue weighted by Gasteiger charge is -2.10. The number of aliphatic carboxylic acids is 1. The normalized spacial score (nSPS) is 19.5. The summed E-state index contributed by atoms with van der Waals surface area (Å²) in [6.45, 7) is 5.40. The van der Waals surface area contributed by atoms with Gasteiger partial charge >= 0.3 is 11.9 Å². The molecule has 1 aliphatic heterocycles. The minimum atomic E-state index is -0.663. The number of esters is 1. The van der Waals surface area contributed by atoms with Gasteiger partial charge in [-0.05, 0) is 177 Å². The molecular formula is C97H92N10O14. The number of benzene rings is 9. The van der Waals surface area contributed by atoms with E-state index < -0.39 is 5.97 Å². The molecule has 9 aromatic carbocycles. The molecule has 6 aliphatic rings. The molecular weight excluding hydrogens is 1530 g/mol. The fourth-order valence-corrected chi connectivity index (χ4v) is 16.5. The molecule has 9 N–H and O–H groups in total. The van der Waals surface area contributed by atoms with Crippen LogP contribution in [0.2, 0.25) is 0 Å². The van der Waals surface area contributed by atoms with Crippen molar-refractivity contribution in [1.82, 2.24) is 24.1 Å². The van der Waals surface area contributed by atoms with Gasteiger partial charge in [-0.25, -0.2) is 5.43 Å². The van der Waals surface area contributed by atoms with Crippen LogP contribution >= 0.6 is 0 Å². The predicted octanol–water partition coefficient (Wildman–Crippen LogP) is 15.8. The SMILES string of the molecule is CC(=O)c1cc(NC(=O)C2CC2c2ccccc2)cc2[nH]ccc12.CC(=O)c1cc(NC(=O)C2CC2c2ccccc2)cc2c1ccn2CCO.COC(=O)Cn1ccc2c(C(C)=O)cc(NC(=O)C3CC3c3ccccc3)cc21.O=C(O)C1CC1c1ccccc1.O=C1NN=Cc2cn(CCO)c3cc(NC(=O)C4CC4c4ccccc4)cc1c23. The van der Waals surface area contributed by atoms with Crippen molar-refractivity contribution in [3.63, 3.8) is 0 Å². The van der Waals surface area contributed by atoms with Crippen LogP contribution in [0.1, 0.15) is 157 Å². The van der Waals surface area contributed by atoms with E-state index in [-0.39, 0.29) is 126 Å². The summed E-state index contributed by atoms with van der Waals surface area (Å²) in [7, 11) is 1.33. The van der Waals surface area contributed by atoms with Crippen LogP contribution in [-0.2, 0) is 53.1 Å². The van der Waals surface area contributed by atoms with Crippen LogP contribution in [-0.4, -0.2) is 119 Å². The highest BCUT2D eigenvalue weighted by molar-refractivity contribution is 6.17. The average Bonchev–Trinajstić information content (AvgIpc) is 1.63. The Morgan fingerprint density at radius 1 is 0.438 bits per heavy atom. The van der Waals surface area contributed by atoms with E-state index in [1.165, 1.54) is 43.2 Å². The minimum absolute atomic E-state index is 0.00696. The summed E-state index contributed by atoms with van der Waals surface area (Å²) in [6.07, 6.45) is 13.0. The molecule has 4 aromatic heterocycles. The quantitative estimate of drug-likeness (QED) is 0.0212. The Hall–Kier alpha value is -14.0. The van der Waals surface area contributed by atoms with Crippen molar-refractivity contribution in [3.8, 4) is 0 Å². The van der Waals surface area contributed by atoms with E-state index in [4.69, 9.17) is 9.84 Å². The third kappa shape index (κ3) is 19.0. The number of carbonyl (C=O) groups is 10. The van der Waals surface area contributed by atoms with Crippen LogP contribution in [0.25, 0.3) is 43.6 Å². The summed E-state index contributed by atoms with van der Waals surface area (Å²) in [4.78, 5) is 125. The molecule has 10 atom stereocenters. The number of fused-ring (bicyclic) bond motifs is 3. The molecule has 5 aliphatic carbocycles. The average molecular weight is 1620 g/mol. The number of aliphatic hydroxyl groups excluding tert-OH is 2. The van der Waals surface area contributed by atoms with Crippen molar-refractivity contribution in [3.05, 3.63) is 299 Å². The number of carboxylic acid groups (broad SMARTS) is 1. The van der Waals surface area contributed by atoms with Crippen molar-refractivity contribution >= 4 is 131 Å². The zero-order valence-corrected chi connectivity index (χ0v) is 67.1. The van der Waals surface area contributed by atoms with Crippen LogP contribution in [0.4, 0.5) is 22.7 Å². The molecule has 614 valence electrons. The molecule has 24 nitrogen and oxygen atoms in total. The number of anilines is 4. The Labute approximate surface area is 697 Å². The third-order valence-electron chi connectivity index (χ3n) is 23.2. The molecule has 5 amide bonds. The number of ketones is 3. The van der Waals surface area contributed by atoms with Gasteiger partial charge in [0.1, 0.15) is 6.54 Å². The van der Waals surface area contributed by atoms with Crippen molar-refractivity contribution < 1.29 is 68.0 Å². The van der Waals surface area contributed by atoms with E-state index in [1.54, 1.807) is 66.5 Å². The standard InChI is InChI=1S/C23H22N2O4.C22H20N4O3.C22H22N2O3.C20H18N2O2.C10H10O2/c1-14(26)18-10-16(11-21-17(18)8-9-25(21)13-22(27)29-2)24-23(28)20-12-19(20)15-6-4-3-5-7-15;27-7-6-26-12-14-11-23-25-22(29)18-8-15(9-19(26)20(14)18)24-21(28)17-10-16(17)13-4-2-1-3-5-13;1-14(26)18-11-16(12-21-17(18)7-8-24(21)9-10-25)23-22(27)20-13-19(20)15-5-3-2-4-6-15;1-12(23)16-9-14(10-19-15(16)7-8-21-19)22-20(24)18-11-17(18)13-5-3-2-4-6-13;11-10(12)9-6-8(9)7-4-2-1-3-5-7/h3-11,19-20H,12-13H2,1-2H3,(H,24,28);1-5,8-9,11-12,16-17,27H,6-7,10H2,(H,24,28)(H,25,29);2-8,11-12,19-20,25H,9-10,13H2,1H3,(H,23,27);2-10,17-18,21H,11H2,1H3,(H,22,24);1-5,8-9H,6H2,(H,11,12). The molecule has 10 unspecified atom stereocenters. The van der Waals surface area contributed by atoms with Crippen LogP contribution in [0.15, 0.2) is 248 Å². The number of Topliss-reactive ketones (excluding diaryl/α,β-unsaturated/α-hetero) is 3. The fraction of sp³-hybridized carbons (Fsp3) is 0.247. The Bertz CT molecular complexity index is 6150. The first-order chi connectivity index (χ1) is 58.6. The second-order valence-corrected chi connectivity index (χ2v) is 31.5. The Morgan fingerprint density at radius 3 is 1.20 bits per heavy atom. The van der Waals surface area contributed by atoms with Crippen molar-refractivity contribution in [2.24, 2.45) is 34.7 Å². The number of aromatic amines is 1. The van der Waals surface area contributed by atoms with E-state index in [2.05, 4.69) is 61.0 Å². The van der Waals surface area contributed by atoms with Gasteiger partial charge in [0.05, 0.1) is 54.6 Å². The summed E-state index contributed by atoms with van der Waals surface area (Å²) in [5, 5.41) is 46.4. The number of methoxy groups -OCH3 is 1. The molecule has 0 radical (unpaired) electrons. The monoisotopic (exact) mass is 1620 g/mol. The lowest BCUT2D eigenvalue weighted by atomic mass is 10.0. The van der Waals surface area contributed by atoms with Gasteiger partial charge in [-0.3, -0.25) is 47.9 Å². The van der Waals surface area contributed by atoms with Gasteiger partial charge < -0.3 is 60.0 Å². The maximum atomic E-state index is 12.8. The molecule has 0 saturated heterocycles. The second-order valence-electron chi connectivity index (χ2n) is 31.5. The molecule has 0 spiro atoms. The Kier molecular flexibility index (Phi) is 24.5. The number of hydrazone groups is 1.